The summed E-state index contributed by atoms with van der Waals surface area (Å²) >= 11 is 0. The highest BCUT2D eigenvalue weighted by Crippen LogP contribution is 2.06. The molecule has 0 bridgehead atoms. The Morgan fingerprint density at radius 2 is 2.04 bits per heavy atom. The summed E-state index contributed by atoms with van der Waals surface area (Å²) in [5, 5.41) is 5.98. The minimum atomic E-state index is 0.0825. The SMILES string of the molecule is CNCCCC(=O)NCc1nccn1CCCc1ccccc1. The predicted molar refractivity (Wildman–Crippen MR) is 92.0 cm³/mol. The highest BCUT2D eigenvalue weighted by Gasteiger charge is 2.05. The molecule has 0 spiro atoms. The molecule has 5 nitrogen and oxygen atoms in total. The maximum atomic E-state index is 11.7. The first-order chi connectivity index (χ1) is 11.3. The topological polar surface area (TPSA) is 59.0 Å². The Hall–Kier alpha value is -2.14. The number of nitrogens with one attached hydrogen (secondary N) is 2. The number of imidazole rings is 1. The lowest BCUT2D eigenvalue weighted by Gasteiger charge is -2.09. The van der Waals surface area contributed by atoms with Crippen molar-refractivity contribution in [1.82, 2.24) is 20.2 Å². The average Bonchev–Trinajstić information content (AvgIpc) is 3.02. The maximum absolute atomic E-state index is 11.7. The minimum Gasteiger partial charge on any atom is -0.349 e. The van der Waals surface area contributed by atoms with Crippen molar-refractivity contribution in [2.24, 2.45) is 0 Å². The number of rotatable bonds is 10. The Bertz CT molecular complexity index is 580. The van der Waals surface area contributed by atoms with Crippen molar-refractivity contribution in [2.75, 3.05) is 13.6 Å². The van der Waals surface area contributed by atoms with Crippen LogP contribution in [-0.2, 0) is 24.3 Å². The van der Waals surface area contributed by atoms with Gasteiger partial charge in [-0.1, -0.05) is 30.3 Å². The van der Waals surface area contributed by atoms with E-state index in [2.05, 4.69) is 44.5 Å². The van der Waals surface area contributed by atoms with E-state index in [0.717, 1.165) is 38.2 Å². The third kappa shape index (κ3) is 6.24. The molecule has 0 saturated heterocycles. The summed E-state index contributed by atoms with van der Waals surface area (Å²) in [5.41, 5.74) is 1.35. The lowest BCUT2D eigenvalue weighted by atomic mass is 10.1. The van der Waals surface area contributed by atoms with Crippen molar-refractivity contribution in [1.29, 1.82) is 0 Å². The quantitative estimate of drug-likeness (QED) is 0.661. The van der Waals surface area contributed by atoms with Gasteiger partial charge in [0.2, 0.25) is 5.91 Å². The lowest BCUT2D eigenvalue weighted by molar-refractivity contribution is -0.121. The molecule has 124 valence electrons. The molecule has 23 heavy (non-hydrogen) atoms. The fourth-order valence-corrected chi connectivity index (χ4v) is 2.50. The number of hydrogen-bond donors (Lipinski definition) is 2. The number of aryl methyl sites for hydroxylation is 2. The van der Waals surface area contributed by atoms with Crippen LogP contribution in [0.15, 0.2) is 42.7 Å². The smallest absolute Gasteiger partial charge is 0.220 e. The van der Waals surface area contributed by atoms with Gasteiger partial charge in [-0.3, -0.25) is 4.79 Å². The minimum absolute atomic E-state index is 0.0825. The van der Waals surface area contributed by atoms with E-state index < -0.39 is 0 Å². The van der Waals surface area contributed by atoms with Crippen molar-refractivity contribution in [3.05, 3.63) is 54.1 Å². The molecule has 0 aliphatic carbocycles. The molecule has 0 aliphatic rings. The zero-order valence-corrected chi connectivity index (χ0v) is 13.8. The highest BCUT2D eigenvalue weighted by atomic mass is 16.1. The molecule has 1 heterocycles. The predicted octanol–water partition coefficient (Wildman–Crippen LogP) is 2.13. The zero-order chi connectivity index (χ0) is 16.3. The number of carbonyl (C=O) groups excluding carboxylic acids is 1. The van der Waals surface area contributed by atoms with E-state index in [0.29, 0.717) is 13.0 Å². The first-order valence-electron chi connectivity index (χ1n) is 8.25. The summed E-state index contributed by atoms with van der Waals surface area (Å²) in [6.45, 7) is 2.28. The molecule has 2 N–H and O–H groups in total. The first-order valence-corrected chi connectivity index (χ1v) is 8.25. The molecular weight excluding hydrogens is 288 g/mol. The van der Waals surface area contributed by atoms with Gasteiger partial charge in [-0.25, -0.2) is 4.98 Å². The molecule has 0 aliphatic heterocycles. The van der Waals surface area contributed by atoms with Gasteiger partial charge in [0.15, 0.2) is 0 Å². The molecule has 2 aromatic rings. The van der Waals surface area contributed by atoms with Gasteiger partial charge >= 0.3 is 0 Å². The van der Waals surface area contributed by atoms with E-state index >= 15 is 0 Å². The molecule has 0 fully saturated rings. The molecular formula is C18H26N4O. The molecule has 2 rings (SSSR count). The van der Waals surface area contributed by atoms with Crippen molar-refractivity contribution in [3.8, 4) is 0 Å². The second-order valence-electron chi connectivity index (χ2n) is 5.61. The molecule has 0 saturated carbocycles. The van der Waals surface area contributed by atoms with Gasteiger partial charge in [0.05, 0.1) is 6.54 Å². The number of nitrogens with zero attached hydrogens (tertiary/aromatic N) is 2. The van der Waals surface area contributed by atoms with Gasteiger partial charge in [0, 0.05) is 25.4 Å². The Labute approximate surface area is 138 Å². The van der Waals surface area contributed by atoms with E-state index in [1.165, 1.54) is 5.56 Å². The van der Waals surface area contributed by atoms with Crippen LogP contribution in [0.1, 0.15) is 30.7 Å². The third-order valence-electron chi connectivity index (χ3n) is 3.78. The number of amides is 1. The Kier molecular flexibility index (Phi) is 7.33. The fraction of sp³-hybridized carbons (Fsp3) is 0.444. The highest BCUT2D eigenvalue weighted by molar-refractivity contribution is 5.75. The van der Waals surface area contributed by atoms with Crippen molar-refractivity contribution >= 4 is 5.91 Å². The molecule has 1 amide bonds. The van der Waals surface area contributed by atoms with Gasteiger partial charge in [0.1, 0.15) is 5.82 Å². The van der Waals surface area contributed by atoms with Crippen LogP contribution in [0.4, 0.5) is 0 Å². The van der Waals surface area contributed by atoms with Crippen molar-refractivity contribution in [2.45, 2.75) is 38.8 Å². The molecule has 0 unspecified atom stereocenters. The first kappa shape index (κ1) is 17.2. The van der Waals surface area contributed by atoms with Gasteiger partial charge in [-0.05, 0) is 38.4 Å². The Morgan fingerprint density at radius 1 is 1.22 bits per heavy atom. The summed E-state index contributed by atoms with van der Waals surface area (Å²) in [5.74, 6) is 0.999. The molecule has 0 atom stereocenters. The normalized spacial score (nSPS) is 10.7. The van der Waals surface area contributed by atoms with Crippen LogP contribution in [0.3, 0.4) is 0 Å². The van der Waals surface area contributed by atoms with Crippen LogP contribution in [0.5, 0.6) is 0 Å². The van der Waals surface area contributed by atoms with Gasteiger partial charge in [0.25, 0.3) is 0 Å². The van der Waals surface area contributed by atoms with Gasteiger partial charge in [-0.2, -0.15) is 0 Å². The van der Waals surface area contributed by atoms with Crippen LogP contribution in [0, 0.1) is 0 Å². The maximum Gasteiger partial charge on any atom is 0.220 e. The van der Waals surface area contributed by atoms with Crippen LogP contribution in [-0.4, -0.2) is 29.1 Å². The molecule has 1 aromatic carbocycles. The Morgan fingerprint density at radius 3 is 2.83 bits per heavy atom. The van der Waals surface area contributed by atoms with Crippen molar-refractivity contribution in [3.63, 3.8) is 0 Å². The zero-order valence-electron chi connectivity index (χ0n) is 13.8. The van der Waals surface area contributed by atoms with Gasteiger partial charge in [-0.15, -0.1) is 0 Å². The van der Waals surface area contributed by atoms with Crippen LogP contribution in [0.25, 0.3) is 0 Å². The number of aromatic nitrogens is 2. The fourth-order valence-electron chi connectivity index (χ4n) is 2.50. The molecule has 5 heteroatoms. The summed E-state index contributed by atoms with van der Waals surface area (Å²) < 4.78 is 2.12. The number of benzene rings is 1. The largest absolute Gasteiger partial charge is 0.349 e. The summed E-state index contributed by atoms with van der Waals surface area (Å²) in [7, 11) is 1.89. The average molecular weight is 314 g/mol. The van der Waals surface area contributed by atoms with Crippen LogP contribution >= 0.6 is 0 Å². The second kappa shape index (κ2) is 9.79. The summed E-state index contributed by atoms with van der Waals surface area (Å²) in [4.78, 5) is 16.1. The van der Waals surface area contributed by atoms with E-state index in [4.69, 9.17) is 0 Å². The van der Waals surface area contributed by atoms with Gasteiger partial charge < -0.3 is 15.2 Å². The summed E-state index contributed by atoms with van der Waals surface area (Å²) in [6, 6.07) is 10.5. The van der Waals surface area contributed by atoms with Crippen LogP contribution < -0.4 is 10.6 Å². The number of carbonyl (C=O) groups is 1. The molecule has 0 radical (unpaired) electrons. The lowest BCUT2D eigenvalue weighted by Crippen LogP contribution is -2.25. The van der Waals surface area contributed by atoms with Crippen molar-refractivity contribution < 1.29 is 4.79 Å². The number of hydrogen-bond acceptors (Lipinski definition) is 3. The van der Waals surface area contributed by atoms with E-state index in [-0.39, 0.29) is 5.91 Å². The van der Waals surface area contributed by atoms with E-state index in [9.17, 15) is 4.79 Å². The third-order valence-corrected chi connectivity index (χ3v) is 3.78. The van der Waals surface area contributed by atoms with Crippen LogP contribution in [0.2, 0.25) is 0 Å². The second-order valence-corrected chi connectivity index (χ2v) is 5.61. The Balaban J connectivity index is 1.72. The monoisotopic (exact) mass is 314 g/mol. The van der Waals surface area contributed by atoms with E-state index in [1.54, 1.807) is 6.20 Å². The standard InChI is InChI=1S/C18H26N4O/c1-19-11-5-10-18(23)21-15-17-20-12-14-22(17)13-6-9-16-7-3-2-4-8-16/h2-4,7-8,12,14,19H,5-6,9-11,13,15H2,1H3,(H,21,23). The van der Waals surface area contributed by atoms with E-state index in [1.807, 2.05) is 19.3 Å². The summed E-state index contributed by atoms with van der Waals surface area (Å²) in [6.07, 6.45) is 7.29. The molecule has 1 aromatic heterocycles.